The predicted octanol–water partition coefficient (Wildman–Crippen LogP) is 4.00. The maximum Gasteiger partial charge on any atom is 0.251 e. The van der Waals surface area contributed by atoms with Gasteiger partial charge in [-0.15, -0.1) is 0 Å². The summed E-state index contributed by atoms with van der Waals surface area (Å²) in [6.45, 7) is 2.67. The molecule has 0 aliphatic heterocycles. The lowest BCUT2D eigenvalue weighted by atomic mass is 9.86. The van der Waals surface area contributed by atoms with Crippen molar-refractivity contribution in [1.29, 1.82) is 0 Å². The van der Waals surface area contributed by atoms with Gasteiger partial charge in [-0.25, -0.2) is 0 Å². The number of amides is 2. The van der Waals surface area contributed by atoms with Crippen LogP contribution in [0.25, 0.3) is 0 Å². The lowest BCUT2D eigenvalue weighted by Gasteiger charge is -2.21. The molecule has 0 unspecified atom stereocenters. The number of nitrogens with one attached hydrogen (secondary N) is 3. The van der Waals surface area contributed by atoms with Crippen molar-refractivity contribution in [1.82, 2.24) is 10.6 Å². The summed E-state index contributed by atoms with van der Waals surface area (Å²) >= 11 is 5.20. The Morgan fingerprint density at radius 2 is 1.81 bits per heavy atom. The summed E-state index contributed by atoms with van der Waals surface area (Å²) in [7, 11) is 0. The number of thiocarbonyl (C=S) groups is 1. The van der Waals surface area contributed by atoms with Crippen LogP contribution in [0.1, 0.15) is 68.6 Å². The minimum atomic E-state index is -0.0861. The molecule has 1 aromatic carbocycles. The van der Waals surface area contributed by atoms with E-state index in [2.05, 4.69) is 16.0 Å². The Bertz CT molecular complexity index is 610. The first kappa shape index (κ1) is 20.4. The third-order valence-corrected chi connectivity index (χ3v) is 4.90. The Morgan fingerprint density at radius 3 is 2.46 bits per heavy atom. The molecule has 1 aliphatic rings. The van der Waals surface area contributed by atoms with Crippen molar-refractivity contribution >= 4 is 34.8 Å². The van der Waals surface area contributed by atoms with E-state index in [4.69, 9.17) is 12.2 Å². The highest BCUT2D eigenvalue weighted by atomic mass is 32.1. The average Bonchev–Trinajstić information content (AvgIpc) is 2.65. The van der Waals surface area contributed by atoms with Gasteiger partial charge in [0, 0.05) is 24.2 Å². The van der Waals surface area contributed by atoms with Crippen LogP contribution in [-0.4, -0.2) is 23.5 Å². The molecule has 1 fully saturated rings. The van der Waals surface area contributed by atoms with Gasteiger partial charge >= 0.3 is 0 Å². The Morgan fingerprint density at radius 1 is 1.12 bits per heavy atom. The molecule has 6 heteroatoms. The molecule has 1 aromatic rings. The second-order valence-electron chi connectivity index (χ2n) is 6.88. The van der Waals surface area contributed by atoms with Crippen LogP contribution in [0.4, 0.5) is 5.69 Å². The number of carbonyl (C=O) groups excluding carboxylic acids is 2. The van der Waals surface area contributed by atoms with Gasteiger partial charge in [0.05, 0.1) is 0 Å². The summed E-state index contributed by atoms with van der Waals surface area (Å²) in [4.78, 5) is 23.9. The summed E-state index contributed by atoms with van der Waals surface area (Å²) in [6, 6.07) is 7.03. The first-order valence-electron chi connectivity index (χ1n) is 9.57. The fourth-order valence-corrected chi connectivity index (χ4v) is 3.44. The van der Waals surface area contributed by atoms with E-state index >= 15 is 0 Å². The van der Waals surface area contributed by atoms with Crippen molar-refractivity contribution in [3.63, 3.8) is 0 Å². The maximum absolute atomic E-state index is 12.0. The molecular weight excluding hydrogens is 346 g/mol. The summed E-state index contributed by atoms with van der Waals surface area (Å²) in [5, 5.41) is 8.85. The fraction of sp³-hybridized carbons (Fsp3) is 0.550. The number of rotatable bonds is 7. The molecule has 26 heavy (non-hydrogen) atoms. The molecule has 0 heterocycles. The van der Waals surface area contributed by atoms with Crippen molar-refractivity contribution in [3.8, 4) is 0 Å². The lowest BCUT2D eigenvalue weighted by Crippen LogP contribution is -2.34. The molecule has 0 spiro atoms. The normalized spacial score (nSPS) is 14.5. The van der Waals surface area contributed by atoms with Gasteiger partial charge in [-0.05, 0) is 55.2 Å². The topological polar surface area (TPSA) is 70.2 Å². The quantitative estimate of drug-likeness (QED) is 0.630. The van der Waals surface area contributed by atoms with Crippen LogP contribution in [0.3, 0.4) is 0 Å². The first-order chi connectivity index (χ1) is 12.6. The van der Waals surface area contributed by atoms with E-state index in [0.717, 1.165) is 18.5 Å². The van der Waals surface area contributed by atoms with Gasteiger partial charge < -0.3 is 16.0 Å². The molecule has 2 rings (SSSR count). The zero-order chi connectivity index (χ0) is 18.8. The molecular formula is C20H29N3O2S. The zero-order valence-electron chi connectivity index (χ0n) is 15.5. The minimum Gasteiger partial charge on any atom is -0.352 e. The van der Waals surface area contributed by atoms with E-state index in [9.17, 15) is 9.59 Å². The summed E-state index contributed by atoms with van der Waals surface area (Å²) in [5.74, 6) is 0.558. The molecule has 1 aliphatic carbocycles. The lowest BCUT2D eigenvalue weighted by molar-refractivity contribution is -0.120. The SMILES string of the molecule is CCCNC(=O)c1ccc(NC(=S)NC(=O)CCC2CCCCC2)cc1. The largest absolute Gasteiger partial charge is 0.352 e. The molecule has 3 N–H and O–H groups in total. The van der Waals surface area contributed by atoms with Crippen LogP contribution in [0.5, 0.6) is 0 Å². The molecule has 2 amide bonds. The number of carbonyl (C=O) groups is 2. The van der Waals surface area contributed by atoms with E-state index in [-0.39, 0.29) is 11.8 Å². The third-order valence-electron chi connectivity index (χ3n) is 4.70. The van der Waals surface area contributed by atoms with Crippen LogP contribution in [0.15, 0.2) is 24.3 Å². The van der Waals surface area contributed by atoms with E-state index in [1.165, 1.54) is 32.1 Å². The van der Waals surface area contributed by atoms with E-state index in [0.29, 0.717) is 29.6 Å². The number of hydrogen-bond acceptors (Lipinski definition) is 3. The van der Waals surface area contributed by atoms with Crippen molar-refractivity contribution in [3.05, 3.63) is 29.8 Å². The molecule has 0 bridgehead atoms. The predicted molar refractivity (Wildman–Crippen MR) is 109 cm³/mol. The smallest absolute Gasteiger partial charge is 0.251 e. The van der Waals surface area contributed by atoms with Crippen LogP contribution < -0.4 is 16.0 Å². The standard InChI is InChI=1S/C20H29N3O2S/c1-2-14-21-19(25)16-9-11-17(12-10-16)22-20(26)23-18(24)13-8-15-6-4-3-5-7-15/h9-12,15H,2-8,13-14H2,1H3,(H,21,25)(H2,22,23,24,26). The number of anilines is 1. The van der Waals surface area contributed by atoms with E-state index < -0.39 is 0 Å². The van der Waals surface area contributed by atoms with E-state index in [1.54, 1.807) is 24.3 Å². The van der Waals surface area contributed by atoms with Crippen molar-refractivity contribution < 1.29 is 9.59 Å². The van der Waals surface area contributed by atoms with Gasteiger partial charge in [0.15, 0.2) is 5.11 Å². The van der Waals surface area contributed by atoms with Gasteiger partial charge in [0.1, 0.15) is 0 Å². The maximum atomic E-state index is 12.0. The summed E-state index contributed by atoms with van der Waals surface area (Å²) in [5.41, 5.74) is 1.35. The van der Waals surface area contributed by atoms with Crippen LogP contribution >= 0.6 is 12.2 Å². The van der Waals surface area contributed by atoms with Crippen LogP contribution in [-0.2, 0) is 4.79 Å². The van der Waals surface area contributed by atoms with Crippen molar-refractivity contribution in [2.24, 2.45) is 5.92 Å². The fourth-order valence-electron chi connectivity index (χ4n) is 3.21. The number of benzene rings is 1. The third kappa shape index (κ3) is 7.12. The second-order valence-corrected chi connectivity index (χ2v) is 7.29. The van der Waals surface area contributed by atoms with Crippen molar-refractivity contribution in [2.45, 2.75) is 58.3 Å². The summed E-state index contributed by atoms with van der Waals surface area (Å²) in [6.07, 6.45) is 8.76. The van der Waals surface area contributed by atoms with Gasteiger partial charge in [0.25, 0.3) is 5.91 Å². The second kappa shape index (κ2) is 10.9. The average molecular weight is 376 g/mol. The highest BCUT2D eigenvalue weighted by Gasteiger charge is 2.15. The van der Waals surface area contributed by atoms with E-state index in [1.807, 2.05) is 6.92 Å². The molecule has 0 atom stereocenters. The monoisotopic (exact) mass is 375 g/mol. The molecule has 142 valence electrons. The highest BCUT2D eigenvalue weighted by molar-refractivity contribution is 7.80. The summed E-state index contributed by atoms with van der Waals surface area (Å²) < 4.78 is 0. The Hall–Kier alpha value is -1.95. The number of hydrogen-bond donors (Lipinski definition) is 3. The van der Waals surface area contributed by atoms with Gasteiger partial charge in [0.2, 0.25) is 5.91 Å². The highest BCUT2D eigenvalue weighted by Crippen LogP contribution is 2.27. The molecule has 5 nitrogen and oxygen atoms in total. The first-order valence-corrected chi connectivity index (χ1v) is 9.98. The molecule has 0 aromatic heterocycles. The van der Waals surface area contributed by atoms with Gasteiger partial charge in [-0.2, -0.15) is 0 Å². The van der Waals surface area contributed by atoms with Gasteiger partial charge in [-0.1, -0.05) is 39.0 Å². The molecule has 0 radical (unpaired) electrons. The Labute approximate surface area is 161 Å². The zero-order valence-corrected chi connectivity index (χ0v) is 16.3. The molecule has 0 saturated heterocycles. The van der Waals surface area contributed by atoms with Crippen LogP contribution in [0, 0.1) is 5.92 Å². The Kier molecular flexibility index (Phi) is 8.54. The Balaban J connectivity index is 1.72. The van der Waals surface area contributed by atoms with Crippen molar-refractivity contribution in [2.75, 3.05) is 11.9 Å². The van der Waals surface area contributed by atoms with Gasteiger partial charge in [-0.3, -0.25) is 9.59 Å². The minimum absolute atomic E-state index is 0.0383. The van der Waals surface area contributed by atoms with Crippen LogP contribution in [0.2, 0.25) is 0 Å². The molecule has 1 saturated carbocycles.